The van der Waals surface area contributed by atoms with Crippen LogP contribution in [-0.2, 0) is 6.18 Å². The summed E-state index contributed by atoms with van der Waals surface area (Å²) in [7, 11) is 0. The summed E-state index contributed by atoms with van der Waals surface area (Å²) in [5.41, 5.74) is 0.837. The Morgan fingerprint density at radius 2 is 1.47 bits per heavy atom. The van der Waals surface area contributed by atoms with E-state index in [-0.39, 0.29) is 11.3 Å². The van der Waals surface area contributed by atoms with Crippen LogP contribution in [0.2, 0.25) is 0 Å². The van der Waals surface area contributed by atoms with Crippen LogP contribution >= 0.6 is 0 Å². The zero-order valence-electron chi connectivity index (χ0n) is 17.6. The molecule has 0 aliphatic heterocycles. The number of rotatable bonds is 4. The molecule has 3 heterocycles. The first kappa shape index (κ1) is 21.5. The minimum absolute atomic E-state index is 0.281. The molecule has 1 amide bonds. The Kier molecular flexibility index (Phi) is 5.41. The van der Waals surface area contributed by atoms with Crippen molar-refractivity contribution in [1.29, 1.82) is 0 Å². The van der Waals surface area contributed by atoms with Crippen molar-refractivity contribution in [3.63, 3.8) is 0 Å². The quantitative estimate of drug-likeness (QED) is 0.374. The predicted molar refractivity (Wildman–Crippen MR) is 122 cm³/mol. The number of benzene rings is 2. The van der Waals surface area contributed by atoms with Crippen molar-refractivity contribution in [3.8, 4) is 0 Å². The monoisotopic (exact) mass is 458 g/mol. The van der Waals surface area contributed by atoms with Gasteiger partial charge in [-0.05, 0) is 54.1 Å². The van der Waals surface area contributed by atoms with Gasteiger partial charge in [-0.3, -0.25) is 19.7 Å². The third-order valence-corrected chi connectivity index (χ3v) is 5.52. The first-order chi connectivity index (χ1) is 16.4. The molecule has 0 fully saturated rings. The van der Waals surface area contributed by atoms with Crippen molar-refractivity contribution in [3.05, 3.63) is 114 Å². The lowest BCUT2D eigenvalue weighted by atomic mass is 9.97. The highest BCUT2D eigenvalue weighted by molar-refractivity contribution is 5.98. The lowest BCUT2D eigenvalue weighted by Gasteiger charge is -2.23. The summed E-state index contributed by atoms with van der Waals surface area (Å²) in [6, 6.07) is 18.3. The van der Waals surface area contributed by atoms with Crippen LogP contribution in [0.15, 0.2) is 91.4 Å². The minimum Gasteiger partial charge on any atom is -0.340 e. The van der Waals surface area contributed by atoms with Gasteiger partial charge >= 0.3 is 6.18 Å². The molecule has 5 rings (SSSR count). The zero-order chi connectivity index (χ0) is 23.7. The van der Waals surface area contributed by atoms with E-state index in [1.54, 1.807) is 60.9 Å². The highest BCUT2D eigenvalue weighted by atomic mass is 19.4. The summed E-state index contributed by atoms with van der Waals surface area (Å²) in [5, 5.41) is 4.34. The number of alkyl halides is 3. The fourth-order valence-corrected chi connectivity index (χ4v) is 3.89. The number of nitrogens with one attached hydrogen (secondary N) is 1. The maximum absolute atomic E-state index is 13.8. The standard InChI is InChI=1S/C26H17F3N4O/c27-26(28,29)20-6-3-13-32-24(20)23(18-9-10-21-17(14-18)5-2-11-30-21)33-25(34)19-8-7-16-4-1-12-31-22(16)15-19/h1-15,23H,(H,33,34)/t23-/m0/s1. The van der Waals surface area contributed by atoms with Gasteiger partial charge in [-0.15, -0.1) is 0 Å². The number of carbonyl (C=O) groups is 1. The molecule has 0 aliphatic rings. The molecule has 0 unspecified atom stereocenters. The Hall–Kier alpha value is -4.33. The normalized spacial score (nSPS) is 12.6. The number of halogens is 3. The van der Waals surface area contributed by atoms with E-state index in [0.717, 1.165) is 16.8 Å². The van der Waals surface area contributed by atoms with Crippen LogP contribution in [0.5, 0.6) is 0 Å². The molecule has 0 saturated carbocycles. The number of pyridine rings is 3. The second-order valence-electron chi connectivity index (χ2n) is 7.71. The van der Waals surface area contributed by atoms with Crippen molar-refractivity contribution in [2.45, 2.75) is 12.2 Å². The molecular weight excluding hydrogens is 441 g/mol. The number of fused-ring (bicyclic) bond motifs is 2. The first-order valence-corrected chi connectivity index (χ1v) is 10.4. The van der Waals surface area contributed by atoms with Crippen LogP contribution in [0.3, 0.4) is 0 Å². The number of aromatic nitrogens is 3. The van der Waals surface area contributed by atoms with Crippen LogP contribution in [0.25, 0.3) is 21.8 Å². The van der Waals surface area contributed by atoms with Crippen LogP contribution in [0.4, 0.5) is 13.2 Å². The third kappa shape index (κ3) is 4.17. The summed E-state index contributed by atoms with van der Waals surface area (Å²) in [6.07, 6.45) is -0.112. The molecule has 34 heavy (non-hydrogen) atoms. The van der Waals surface area contributed by atoms with Crippen LogP contribution in [0.1, 0.15) is 33.2 Å². The molecule has 1 N–H and O–H groups in total. The average Bonchev–Trinajstić information content (AvgIpc) is 2.86. The molecule has 0 bridgehead atoms. The van der Waals surface area contributed by atoms with E-state index in [9.17, 15) is 18.0 Å². The Balaban J connectivity index is 1.61. The number of hydrogen-bond donors (Lipinski definition) is 1. The summed E-state index contributed by atoms with van der Waals surface area (Å²) >= 11 is 0. The molecule has 1 atom stereocenters. The van der Waals surface area contributed by atoms with E-state index in [2.05, 4.69) is 20.3 Å². The smallest absolute Gasteiger partial charge is 0.340 e. The van der Waals surface area contributed by atoms with E-state index in [1.165, 1.54) is 12.3 Å². The van der Waals surface area contributed by atoms with Crippen molar-refractivity contribution in [2.24, 2.45) is 0 Å². The molecule has 0 saturated heterocycles. The maximum Gasteiger partial charge on any atom is 0.418 e. The van der Waals surface area contributed by atoms with Gasteiger partial charge in [0.05, 0.1) is 28.3 Å². The molecule has 8 heteroatoms. The fourth-order valence-electron chi connectivity index (χ4n) is 3.89. The van der Waals surface area contributed by atoms with Crippen LogP contribution in [-0.4, -0.2) is 20.9 Å². The molecule has 0 aliphatic carbocycles. The van der Waals surface area contributed by atoms with Crippen LogP contribution in [0, 0.1) is 0 Å². The second kappa shape index (κ2) is 8.55. The highest BCUT2D eigenvalue weighted by Crippen LogP contribution is 2.36. The Morgan fingerprint density at radius 3 is 2.26 bits per heavy atom. The largest absolute Gasteiger partial charge is 0.418 e. The second-order valence-corrected chi connectivity index (χ2v) is 7.71. The molecule has 5 nitrogen and oxygen atoms in total. The SMILES string of the molecule is O=C(N[C@@H](c1ccc2ncccc2c1)c1ncccc1C(F)(F)F)c1ccc2cccnc2c1. The van der Waals surface area contributed by atoms with Gasteiger partial charge in [0.2, 0.25) is 0 Å². The molecule has 168 valence electrons. The van der Waals surface area contributed by atoms with Crippen molar-refractivity contribution in [2.75, 3.05) is 0 Å². The molecule has 0 radical (unpaired) electrons. The zero-order valence-corrected chi connectivity index (χ0v) is 17.6. The first-order valence-electron chi connectivity index (χ1n) is 10.4. The van der Waals surface area contributed by atoms with E-state index in [4.69, 9.17) is 0 Å². The average molecular weight is 458 g/mol. The minimum atomic E-state index is -4.64. The number of carbonyl (C=O) groups excluding carboxylic acids is 1. The lowest BCUT2D eigenvalue weighted by molar-refractivity contribution is -0.138. The van der Waals surface area contributed by atoms with Gasteiger partial charge < -0.3 is 5.32 Å². The Morgan fingerprint density at radius 1 is 0.765 bits per heavy atom. The number of hydrogen-bond acceptors (Lipinski definition) is 4. The third-order valence-electron chi connectivity index (χ3n) is 5.52. The number of nitrogens with zero attached hydrogens (tertiary/aromatic N) is 3. The number of amides is 1. The van der Waals surface area contributed by atoms with Gasteiger partial charge in [0, 0.05) is 34.9 Å². The molecule has 5 aromatic rings. The molecule has 2 aromatic carbocycles. The van der Waals surface area contributed by atoms with E-state index in [0.29, 0.717) is 16.6 Å². The van der Waals surface area contributed by atoms with Gasteiger partial charge in [0.15, 0.2) is 0 Å². The lowest BCUT2D eigenvalue weighted by Crippen LogP contribution is -2.31. The summed E-state index contributed by atoms with van der Waals surface area (Å²) in [5.74, 6) is -0.539. The maximum atomic E-state index is 13.8. The van der Waals surface area contributed by atoms with Gasteiger partial charge in [-0.25, -0.2) is 0 Å². The van der Waals surface area contributed by atoms with Gasteiger partial charge in [-0.2, -0.15) is 13.2 Å². The highest BCUT2D eigenvalue weighted by Gasteiger charge is 2.37. The van der Waals surface area contributed by atoms with Crippen molar-refractivity contribution in [1.82, 2.24) is 20.3 Å². The molecule has 0 spiro atoms. The summed E-state index contributed by atoms with van der Waals surface area (Å²) in [4.78, 5) is 25.8. The van der Waals surface area contributed by atoms with Crippen LogP contribution < -0.4 is 5.32 Å². The van der Waals surface area contributed by atoms with Gasteiger partial charge in [-0.1, -0.05) is 24.3 Å². The molecule has 3 aromatic heterocycles. The predicted octanol–water partition coefficient (Wildman–Crippen LogP) is 5.72. The fraction of sp³-hybridized carbons (Fsp3) is 0.0769. The van der Waals surface area contributed by atoms with Gasteiger partial charge in [0.1, 0.15) is 0 Å². The molecular formula is C26H17F3N4O. The topological polar surface area (TPSA) is 67.8 Å². The summed E-state index contributed by atoms with van der Waals surface area (Å²) in [6.45, 7) is 0. The van der Waals surface area contributed by atoms with Crippen molar-refractivity contribution >= 4 is 27.7 Å². The van der Waals surface area contributed by atoms with E-state index >= 15 is 0 Å². The van der Waals surface area contributed by atoms with E-state index in [1.807, 2.05) is 12.1 Å². The Bertz CT molecular complexity index is 1520. The van der Waals surface area contributed by atoms with E-state index < -0.39 is 23.7 Å². The summed E-state index contributed by atoms with van der Waals surface area (Å²) < 4.78 is 41.5. The van der Waals surface area contributed by atoms with Gasteiger partial charge in [0.25, 0.3) is 5.91 Å². The Labute approximate surface area is 192 Å². The van der Waals surface area contributed by atoms with Crippen molar-refractivity contribution < 1.29 is 18.0 Å².